The number of nitrogens with zero attached hydrogens (tertiary/aromatic N) is 6. The van der Waals surface area contributed by atoms with E-state index in [0.717, 1.165) is 80.0 Å². The minimum atomic E-state index is -1.01. The summed E-state index contributed by atoms with van der Waals surface area (Å²) in [6.45, 7) is 8.17. The number of imide groups is 2. The van der Waals surface area contributed by atoms with Gasteiger partial charge in [-0.1, -0.05) is 0 Å². The Labute approximate surface area is 325 Å². The van der Waals surface area contributed by atoms with E-state index < -0.39 is 29.7 Å². The first-order valence-corrected chi connectivity index (χ1v) is 19.5. The molecular weight excluding hydrogens is 720 g/mol. The van der Waals surface area contributed by atoms with E-state index in [1.807, 2.05) is 12.1 Å². The van der Waals surface area contributed by atoms with E-state index in [-0.39, 0.29) is 30.6 Å². The molecule has 16 heteroatoms. The summed E-state index contributed by atoms with van der Waals surface area (Å²) in [4.78, 5) is 64.4. The first-order chi connectivity index (χ1) is 27.4. The third-order valence-corrected chi connectivity index (χ3v) is 10.9. The zero-order valence-corrected chi connectivity index (χ0v) is 31.5. The number of ether oxygens (including phenoxy) is 4. The van der Waals surface area contributed by atoms with Crippen LogP contribution in [0.1, 0.15) is 64.8 Å². The van der Waals surface area contributed by atoms with Gasteiger partial charge in [0.15, 0.2) is 0 Å². The number of aromatic nitrogens is 2. The van der Waals surface area contributed by atoms with E-state index in [4.69, 9.17) is 18.9 Å². The second-order valence-electron chi connectivity index (χ2n) is 14.4. The maximum absolute atomic E-state index is 13.0. The van der Waals surface area contributed by atoms with Crippen LogP contribution in [0, 0.1) is 11.3 Å². The largest absolute Gasteiger partial charge is 0.491 e. The van der Waals surface area contributed by atoms with Crippen molar-refractivity contribution < 1.29 is 38.1 Å². The van der Waals surface area contributed by atoms with Crippen LogP contribution in [0.2, 0.25) is 0 Å². The zero-order valence-electron chi connectivity index (χ0n) is 31.5. The van der Waals surface area contributed by atoms with Gasteiger partial charge in [0.25, 0.3) is 11.8 Å². The average molecular weight is 769 g/mol. The van der Waals surface area contributed by atoms with Gasteiger partial charge in [0.1, 0.15) is 30.5 Å². The molecule has 1 saturated carbocycles. The number of fused-ring (bicyclic) bond motifs is 2. The van der Waals surface area contributed by atoms with E-state index in [1.54, 1.807) is 18.5 Å². The number of carbonyl (C=O) groups is 4. The number of nitriles is 1. The number of piperazine rings is 1. The molecule has 3 aromatic rings. The monoisotopic (exact) mass is 768 g/mol. The zero-order chi connectivity index (χ0) is 38.9. The van der Waals surface area contributed by atoms with Crippen LogP contribution in [0.25, 0.3) is 10.9 Å². The molecular formula is C40H48N8O8. The number of rotatable bonds is 17. The van der Waals surface area contributed by atoms with Crippen molar-refractivity contribution in [2.45, 2.75) is 56.7 Å². The Kier molecular flexibility index (Phi) is 13.1. The van der Waals surface area contributed by atoms with Crippen LogP contribution in [0.5, 0.6) is 5.75 Å². The van der Waals surface area contributed by atoms with Crippen LogP contribution in [0.3, 0.4) is 0 Å². The quantitative estimate of drug-likeness (QED) is 0.151. The van der Waals surface area contributed by atoms with E-state index in [1.165, 1.54) is 12.1 Å². The standard InChI is InChI=1S/C40H48N8O8/c41-25-27-1-8-34-33(23-27)37(43-26-42-34)44-28-2-4-29(5-3-28)47-13-11-46(12-14-47)15-16-53-17-18-54-19-20-55-21-22-56-30-6-7-31-32(24-30)40(52)48(39(31)51)35-9-10-36(49)45-38(35)50/h1,6-8,23-24,26,28-29,35H,2-5,9-22H2,(H,42,43,44)(H,45,49,50). The number of benzene rings is 2. The molecule has 3 aliphatic heterocycles. The fourth-order valence-corrected chi connectivity index (χ4v) is 7.87. The third kappa shape index (κ3) is 9.48. The molecule has 1 atom stereocenters. The number of anilines is 1. The van der Waals surface area contributed by atoms with Gasteiger partial charge in [-0.05, 0) is 68.5 Å². The summed E-state index contributed by atoms with van der Waals surface area (Å²) < 4.78 is 22.8. The molecule has 3 fully saturated rings. The molecule has 16 nitrogen and oxygen atoms in total. The Balaban J connectivity index is 0.691. The van der Waals surface area contributed by atoms with Gasteiger partial charge in [-0.15, -0.1) is 0 Å². The fraction of sp³-hybridized carbons (Fsp3) is 0.525. The Hall–Kier alpha value is -5.05. The van der Waals surface area contributed by atoms with Crippen molar-refractivity contribution in [3.05, 3.63) is 59.4 Å². The summed E-state index contributed by atoms with van der Waals surface area (Å²) in [5.74, 6) is -0.969. The van der Waals surface area contributed by atoms with Gasteiger partial charge in [0.05, 0.1) is 67.9 Å². The molecule has 4 amide bonds. The average Bonchev–Trinajstić information content (AvgIpc) is 3.46. The topological polar surface area (TPSA) is 189 Å². The predicted molar refractivity (Wildman–Crippen MR) is 203 cm³/mol. The lowest BCUT2D eigenvalue weighted by molar-refractivity contribution is -0.136. The summed E-state index contributed by atoms with van der Waals surface area (Å²) in [5, 5.41) is 16.0. The van der Waals surface area contributed by atoms with Crippen LogP contribution >= 0.6 is 0 Å². The number of hydrogen-bond acceptors (Lipinski definition) is 14. The van der Waals surface area contributed by atoms with Crippen LogP contribution in [0.15, 0.2) is 42.7 Å². The van der Waals surface area contributed by atoms with E-state index in [0.29, 0.717) is 63.0 Å². The van der Waals surface area contributed by atoms with Crippen LogP contribution in [-0.2, 0) is 23.8 Å². The number of carbonyl (C=O) groups excluding carboxylic acids is 4. The molecule has 4 heterocycles. The second kappa shape index (κ2) is 18.7. The van der Waals surface area contributed by atoms with Gasteiger partial charge in [-0.2, -0.15) is 5.26 Å². The first-order valence-electron chi connectivity index (χ1n) is 19.5. The molecule has 56 heavy (non-hydrogen) atoms. The molecule has 1 aliphatic carbocycles. The summed E-state index contributed by atoms with van der Waals surface area (Å²) in [6.07, 6.45) is 6.25. The molecule has 4 aliphatic rings. The first kappa shape index (κ1) is 39.2. The highest BCUT2D eigenvalue weighted by atomic mass is 16.6. The SMILES string of the molecule is N#Cc1ccc2ncnc(NC3CCC(N4CCN(CCOCCOCCOCCOc5ccc6c(c5)C(=O)N(C5CCC(=O)NC5=O)C6=O)CC4)CC3)c2c1. The molecule has 2 aromatic carbocycles. The van der Waals surface area contributed by atoms with Gasteiger partial charge >= 0.3 is 0 Å². The normalized spacial score (nSPS) is 21.9. The molecule has 296 valence electrons. The van der Waals surface area contributed by atoms with E-state index >= 15 is 0 Å². The number of amides is 4. The van der Waals surface area contributed by atoms with Crippen molar-refractivity contribution in [3.8, 4) is 11.8 Å². The smallest absolute Gasteiger partial charge is 0.262 e. The predicted octanol–water partition coefficient (Wildman–Crippen LogP) is 2.37. The summed E-state index contributed by atoms with van der Waals surface area (Å²) in [6, 6.07) is 12.3. The molecule has 0 spiro atoms. The van der Waals surface area contributed by atoms with E-state index in [2.05, 4.69) is 36.5 Å². The minimum Gasteiger partial charge on any atom is -0.491 e. The third-order valence-electron chi connectivity index (χ3n) is 10.9. The van der Waals surface area contributed by atoms with Crippen molar-refractivity contribution in [1.29, 1.82) is 5.26 Å². The van der Waals surface area contributed by atoms with Crippen molar-refractivity contribution in [1.82, 2.24) is 30.0 Å². The Bertz CT molecular complexity index is 1940. The second-order valence-corrected chi connectivity index (χ2v) is 14.4. The molecule has 0 bridgehead atoms. The van der Waals surface area contributed by atoms with Gasteiger partial charge < -0.3 is 24.3 Å². The highest BCUT2D eigenvalue weighted by molar-refractivity contribution is 6.23. The van der Waals surface area contributed by atoms with Gasteiger partial charge in [-0.3, -0.25) is 39.2 Å². The fourth-order valence-electron chi connectivity index (χ4n) is 7.87. The van der Waals surface area contributed by atoms with Gasteiger partial charge in [-0.25, -0.2) is 9.97 Å². The van der Waals surface area contributed by atoms with Crippen molar-refractivity contribution in [2.75, 3.05) is 84.3 Å². The van der Waals surface area contributed by atoms with E-state index in [9.17, 15) is 24.4 Å². The number of piperidine rings is 1. The van der Waals surface area contributed by atoms with Crippen molar-refractivity contribution in [2.24, 2.45) is 0 Å². The molecule has 1 unspecified atom stereocenters. The summed E-state index contributed by atoms with van der Waals surface area (Å²) >= 11 is 0. The maximum atomic E-state index is 13.0. The number of nitrogens with one attached hydrogen (secondary N) is 2. The minimum absolute atomic E-state index is 0.0676. The highest BCUT2D eigenvalue weighted by Crippen LogP contribution is 2.31. The lowest BCUT2D eigenvalue weighted by Crippen LogP contribution is -2.54. The lowest BCUT2D eigenvalue weighted by atomic mass is 9.89. The Morgan fingerprint density at radius 3 is 2.23 bits per heavy atom. The van der Waals surface area contributed by atoms with Crippen LogP contribution in [0.4, 0.5) is 5.82 Å². The summed E-state index contributed by atoms with van der Waals surface area (Å²) in [5.41, 5.74) is 1.83. The molecule has 0 radical (unpaired) electrons. The van der Waals surface area contributed by atoms with Crippen molar-refractivity contribution >= 4 is 40.3 Å². The van der Waals surface area contributed by atoms with Crippen LogP contribution in [-0.4, -0.2) is 145 Å². The molecule has 2 N–H and O–H groups in total. The summed E-state index contributed by atoms with van der Waals surface area (Å²) in [7, 11) is 0. The Morgan fingerprint density at radius 2 is 1.50 bits per heavy atom. The van der Waals surface area contributed by atoms with Gasteiger partial charge in [0.2, 0.25) is 11.8 Å². The molecule has 1 aromatic heterocycles. The Morgan fingerprint density at radius 1 is 0.786 bits per heavy atom. The van der Waals surface area contributed by atoms with Crippen LogP contribution < -0.4 is 15.4 Å². The number of hydrogen-bond donors (Lipinski definition) is 2. The van der Waals surface area contributed by atoms with Crippen molar-refractivity contribution in [3.63, 3.8) is 0 Å². The molecule has 7 rings (SSSR count). The lowest BCUT2D eigenvalue weighted by Gasteiger charge is -2.42. The van der Waals surface area contributed by atoms with Gasteiger partial charge in [0, 0.05) is 56.6 Å². The maximum Gasteiger partial charge on any atom is 0.262 e. The highest BCUT2D eigenvalue weighted by Gasteiger charge is 2.44. The molecule has 2 saturated heterocycles.